The van der Waals surface area contributed by atoms with Gasteiger partial charge in [0.1, 0.15) is 0 Å². The number of rotatable bonds is 5. The van der Waals surface area contributed by atoms with Gasteiger partial charge in [-0.1, -0.05) is 30.3 Å². The van der Waals surface area contributed by atoms with Crippen LogP contribution in [-0.4, -0.2) is 30.9 Å². The normalized spacial score (nSPS) is 9.69. The molecule has 0 unspecified atom stereocenters. The molecule has 0 fully saturated rings. The summed E-state index contributed by atoms with van der Waals surface area (Å²) in [7, 11) is 2.05. The number of carbonyl (C=O) groups excluding carboxylic acids is 1. The first-order valence-corrected chi connectivity index (χ1v) is 5.15. The summed E-state index contributed by atoms with van der Waals surface area (Å²) in [5.74, 6) is 0.0307. The van der Waals surface area contributed by atoms with E-state index in [1.807, 2.05) is 18.2 Å². The fourth-order valence-corrected chi connectivity index (χ4v) is 1.40. The second-order valence-electron chi connectivity index (χ2n) is 3.71. The summed E-state index contributed by atoms with van der Waals surface area (Å²) < 4.78 is 0. The van der Waals surface area contributed by atoms with Gasteiger partial charge in [-0.3, -0.25) is 4.79 Å². The van der Waals surface area contributed by atoms with E-state index < -0.39 is 0 Å². The zero-order valence-corrected chi connectivity index (χ0v) is 10.6. The Hall–Kier alpha value is -1.06. The molecule has 0 atom stereocenters. The first-order chi connectivity index (χ1) is 7.18. The number of nitrogens with zero attached hydrogens (tertiary/aromatic N) is 1. The van der Waals surface area contributed by atoms with E-state index in [0.29, 0.717) is 6.54 Å². The third-order valence-corrected chi connectivity index (χ3v) is 2.16. The summed E-state index contributed by atoms with van der Waals surface area (Å²) >= 11 is 0. The molecule has 4 heteroatoms. The molecule has 90 valence electrons. The molecule has 0 aliphatic heterocycles. The topological polar surface area (TPSA) is 32.3 Å². The Labute approximate surface area is 103 Å². The number of benzene rings is 1. The van der Waals surface area contributed by atoms with Crippen LogP contribution in [0.2, 0.25) is 0 Å². The molecule has 0 aliphatic rings. The Morgan fingerprint density at radius 3 is 2.50 bits per heavy atom. The third-order valence-electron chi connectivity index (χ3n) is 2.16. The molecule has 1 aromatic carbocycles. The van der Waals surface area contributed by atoms with Crippen molar-refractivity contribution in [3.8, 4) is 0 Å². The standard InChI is InChI=1S/C12H18N2O.ClH/c1-11(15)13-8-9-14(2)10-12-6-4-3-5-7-12;/h3-7H,8-10H2,1-2H3,(H,13,15);1H. The predicted octanol–water partition coefficient (Wildman–Crippen LogP) is 1.68. The summed E-state index contributed by atoms with van der Waals surface area (Å²) in [6.45, 7) is 4.03. The second kappa shape index (κ2) is 8.13. The van der Waals surface area contributed by atoms with Crippen LogP contribution in [0, 0.1) is 0 Å². The van der Waals surface area contributed by atoms with E-state index in [1.54, 1.807) is 0 Å². The average molecular weight is 243 g/mol. The van der Waals surface area contributed by atoms with Crippen molar-refractivity contribution in [3.63, 3.8) is 0 Å². The first-order valence-electron chi connectivity index (χ1n) is 5.15. The van der Waals surface area contributed by atoms with Gasteiger partial charge in [0.2, 0.25) is 5.91 Å². The minimum atomic E-state index is 0. The van der Waals surface area contributed by atoms with Gasteiger partial charge in [-0.05, 0) is 12.6 Å². The van der Waals surface area contributed by atoms with Gasteiger partial charge in [0.05, 0.1) is 0 Å². The molecule has 0 aliphatic carbocycles. The van der Waals surface area contributed by atoms with Crippen LogP contribution in [0.25, 0.3) is 0 Å². The fraction of sp³-hybridized carbons (Fsp3) is 0.417. The lowest BCUT2D eigenvalue weighted by Gasteiger charge is -2.16. The highest BCUT2D eigenvalue weighted by Crippen LogP contribution is 2.01. The Balaban J connectivity index is 0.00000225. The maximum absolute atomic E-state index is 10.7. The van der Waals surface area contributed by atoms with Gasteiger partial charge in [-0.15, -0.1) is 12.4 Å². The minimum Gasteiger partial charge on any atom is -0.355 e. The van der Waals surface area contributed by atoms with Gasteiger partial charge < -0.3 is 10.2 Å². The van der Waals surface area contributed by atoms with E-state index >= 15 is 0 Å². The maximum atomic E-state index is 10.7. The molecular formula is C12H19ClN2O. The highest BCUT2D eigenvalue weighted by molar-refractivity contribution is 5.85. The molecule has 0 saturated heterocycles. The lowest BCUT2D eigenvalue weighted by atomic mass is 10.2. The molecule has 0 spiro atoms. The maximum Gasteiger partial charge on any atom is 0.216 e. The number of likely N-dealkylation sites (N-methyl/N-ethyl adjacent to an activating group) is 1. The molecule has 1 N–H and O–H groups in total. The van der Waals surface area contributed by atoms with Crippen molar-refractivity contribution in [2.75, 3.05) is 20.1 Å². The van der Waals surface area contributed by atoms with E-state index in [0.717, 1.165) is 13.1 Å². The quantitative estimate of drug-likeness (QED) is 0.852. The van der Waals surface area contributed by atoms with E-state index in [2.05, 4.69) is 29.4 Å². The van der Waals surface area contributed by atoms with Crippen molar-refractivity contribution in [3.05, 3.63) is 35.9 Å². The number of nitrogens with one attached hydrogen (secondary N) is 1. The van der Waals surface area contributed by atoms with Gasteiger partial charge in [0.25, 0.3) is 0 Å². The molecule has 1 aromatic rings. The Morgan fingerprint density at radius 1 is 1.31 bits per heavy atom. The predicted molar refractivity (Wildman–Crippen MR) is 68.7 cm³/mol. The van der Waals surface area contributed by atoms with Crippen molar-refractivity contribution in [1.82, 2.24) is 10.2 Å². The van der Waals surface area contributed by atoms with Gasteiger partial charge in [0, 0.05) is 26.6 Å². The highest BCUT2D eigenvalue weighted by atomic mass is 35.5. The van der Waals surface area contributed by atoms with Gasteiger partial charge in [0.15, 0.2) is 0 Å². The molecular weight excluding hydrogens is 224 g/mol. The average Bonchev–Trinajstić information content (AvgIpc) is 2.18. The lowest BCUT2D eigenvalue weighted by Crippen LogP contribution is -2.31. The molecule has 0 heterocycles. The molecule has 0 aromatic heterocycles. The van der Waals surface area contributed by atoms with Crippen LogP contribution in [0.15, 0.2) is 30.3 Å². The minimum absolute atomic E-state index is 0. The van der Waals surface area contributed by atoms with Crippen LogP contribution in [0.1, 0.15) is 12.5 Å². The molecule has 0 saturated carbocycles. The highest BCUT2D eigenvalue weighted by Gasteiger charge is 1.99. The monoisotopic (exact) mass is 242 g/mol. The van der Waals surface area contributed by atoms with E-state index in [-0.39, 0.29) is 18.3 Å². The van der Waals surface area contributed by atoms with Crippen LogP contribution >= 0.6 is 12.4 Å². The van der Waals surface area contributed by atoms with Crippen molar-refractivity contribution in [2.24, 2.45) is 0 Å². The fourth-order valence-electron chi connectivity index (χ4n) is 1.40. The summed E-state index contributed by atoms with van der Waals surface area (Å²) in [6, 6.07) is 10.3. The zero-order chi connectivity index (χ0) is 11.1. The molecule has 1 amide bonds. The lowest BCUT2D eigenvalue weighted by molar-refractivity contribution is -0.119. The summed E-state index contributed by atoms with van der Waals surface area (Å²) in [5.41, 5.74) is 1.29. The molecule has 1 rings (SSSR count). The van der Waals surface area contributed by atoms with Crippen LogP contribution in [0.4, 0.5) is 0 Å². The number of hydrogen-bond acceptors (Lipinski definition) is 2. The number of carbonyl (C=O) groups is 1. The summed E-state index contributed by atoms with van der Waals surface area (Å²) in [4.78, 5) is 12.8. The largest absolute Gasteiger partial charge is 0.355 e. The summed E-state index contributed by atoms with van der Waals surface area (Å²) in [6.07, 6.45) is 0. The van der Waals surface area contributed by atoms with Gasteiger partial charge >= 0.3 is 0 Å². The first kappa shape index (κ1) is 14.9. The van der Waals surface area contributed by atoms with Crippen molar-refractivity contribution in [2.45, 2.75) is 13.5 Å². The number of amides is 1. The Bertz CT molecular complexity index is 303. The van der Waals surface area contributed by atoms with Crippen molar-refractivity contribution >= 4 is 18.3 Å². The van der Waals surface area contributed by atoms with E-state index in [1.165, 1.54) is 12.5 Å². The molecule has 3 nitrogen and oxygen atoms in total. The number of hydrogen-bond donors (Lipinski definition) is 1. The Morgan fingerprint density at radius 2 is 1.94 bits per heavy atom. The van der Waals surface area contributed by atoms with Crippen molar-refractivity contribution in [1.29, 1.82) is 0 Å². The molecule has 16 heavy (non-hydrogen) atoms. The van der Waals surface area contributed by atoms with Crippen LogP contribution in [0.5, 0.6) is 0 Å². The van der Waals surface area contributed by atoms with E-state index in [9.17, 15) is 4.79 Å². The third kappa shape index (κ3) is 6.43. The zero-order valence-electron chi connectivity index (χ0n) is 9.77. The molecule has 0 radical (unpaired) electrons. The SMILES string of the molecule is CC(=O)NCCN(C)Cc1ccccc1.Cl. The number of halogens is 1. The van der Waals surface area contributed by atoms with Crippen molar-refractivity contribution < 1.29 is 4.79 Å². The smallest absolute Gasteiger partial charge is 0.216 e. The van der Waals surface area contributed by atoms with Crippen LogP contribution in [-0.2, 0) is 11.3 Å². The molecule has 0 bridgehead atoms. The van der Waals surface area contributed by atoms with Gasteiger partial charge in [-0.2, -0.15) is 0 Å². The second-order valence-corrected chi connectivity index (χ2v) is 3.71. The van der Waals surface area contributed by atoms with Crippen LogP contribution in [0.3, 0.4) is 0 Å². The summed E-state index contributed by atoms with van der Waals surface area (Å²) in [5, 5.41) is 2.78. The van der Waals surface area contributed by atoms with Gasteiger partial charge in [-0.25, -0.2) is 0 Å². The van der Waals surface area contributed by atoms with Crippen LogP contribution < -0.4 is 5.32 Å². The Kier molecular flexibility index (Phi) is 7.60. The van der Waals surface area contributed by atoms with E-state index in [4.69, 9.17) is 0 Å².